The van der Waals surface area contributed by atoms with E-state index in [1.165, 1.54) is 11.8 Å². The average molecular weight is 426 g/mol. The van der Waals surface area contributed by atoms with Gasteiger partial charge in [0.15, 0.2) is 4.32 Å². The van der Waals surface area contributed by atoms with Gasteiger partial charge in [0.05, 0.1) is 17.2 Å². The first-order valence-corrected chi connectivity index (χ1v) is 10.4. The maximum absolute atomic E-state index is 13.2. The molecule has 1 amide bonds. The van der Waals surface area contributed by atoms with Gasteiger partial charge in [0.2, 0.25) is 0 Å². The highest BCUT2D eigenvalue weighted by molar-refractivity contribution is 8.27. The van der Waals surface area contributed by atoms with Crippen molar-refractivity contribution in [1.82, 2.24) is 0 Å². The number of hydrogen-bond acceptors (Lipinski definition) is 4. The quantitative estimate of drug-likeness (QED) is 0.362. The van der Waals surface area contributed by atoms with Gasteiger partial charge in [-0.2, -0.15) is 0 Å². The van der Waals surface area contributed by atoms with Gasteiger partial charge in [-0.3, -0.25) is 9.69 Å². The number of carbonyl (C=O) groups is 1. The Morgan fingerprint density at radius 2 is 1.93 bits per heavy atom. The standard InChI is InChI=1S/C22H16ClNO2S2/c1-2-26-19-11-10-16(23)12-15(19)13-20-21(25)24(22(27)28-20)18-9-5-7-14-6-3-4-8-17(14)18/h3-13H,2H2,1H3/b20-13-. The second-order valence-corrected chi connectivity index (χ2v) is 8.24. The first-order valence-electron chi connectivity index (χ1n) is 8.76. The first-order chi connectivity index (χ1) is 13.6. The molecule has 0 unspecified atom stereocenters. The van der Waals surface area contributed by atoms with Gasteiger partial charge < -0.3 is 4.74 Å². The van der Waals surface area contributed by atoms with Crippen molar-refractivity contribution in [2.75, 3.05) is 11.5 Å². The summed E-state index contributed by atoms with van der Waals surface area (Å²) in [6.45, 7) is 2.44. The van der Waals surface area contributed by atoms with Gasteiger partial charge in [-0.05, 0) is 42.7 Å². The minimum atomic E-state index is -0.145. The van der Waals surface area contributed by atoms with Gasteiger partial charge in [0, 0.05) is 16.0 Å². The molecule has 0 atom stereocenters. The predicted octanol–water partition coefficient (Wildman–Crippen LogP) is 6.30. The van der Waals surface area contributed by atoms with Crippen LogP contribution >= 0.6 is 35.6 Å². The zero-order chi connectivity index (χ0) is 19.7. The fourth-order valence-electron chi connectivity index (χ4n) is 3.14. The van der Waals surface area contributed by atoms with E-state index < -0.39 is 0 Å². The molecule has 0 N–H and O–H groups in total. The normalized spacial score (nSPS) is 15.6. The third-order valence-electron chi connectivity index (χ3n) is 4.36. The van der Waals surface area contributed by atoms with E-state index in [1.807, 2.05) is 55.5 Å². The number of rotatable bonds is 4. The molecule has 1 heterocycles. The van der Waals surface area contributed by atoms with E-state index in [1.54, 1.807) is 23.1 Å². The second kappa shape index (κ2) is 7.95. The highest BCUT2D eigenvalue weighted by Crippen LogP contribution is 2.39. The average Bonchev–Trinajstić information content (AvgIpc) is 2.97. The van der Waals surface area contributed by atoms with Gasteiger partial charge in [-0.15, -0.1) is 0 Å². The Bertz CT molecular complexity index is 1120. The van der Waals surface area contributed by atoms with E-state index in [2.05, 4.69) is 0 Å². The highest BCUT2D eigenvalue weighted by Gasteiger charge is 2.34. The summed E-state index contributed by atoms with van der Waals surface area (Å²) in [6.07, 6.45) is 1.79. The fourth-order valence-corrected chi connectivity index (χ4v) is 4.60. The van der Waals surface area contributed by atoms with Crippen LogP contribution in [-0.4, -0.2) is 16.8 Å². The van der Waals surface area contributed by atoms with Crippen molar-refractivity contribution in [3.05, 3.63) is 76.2 Å². The van der Waals surface area contributed by atoms with Crippen molar-refractivity contribution >= 4 is 68.3 Å². The molecule has 1 aliphatic rings. The molecular weight excluding hydrogens is 410 g/mol. The lowest BCUT2D eigenvalue weighted by Gasteiger charge is -2.17. The predicted molar refractivity (Wildman–Crippen MR) is 122 cm³/mol. The molecule has 0 spiro atoms. The molecule has 28 heavy (non-hydrogen) atoms. The van der Waals surface area contributed by atoms with Crippen LogP contribution in [0, 0.1) is 0 Å². The van der Waals surface area contributed by atoms with Crippen molar-refractivity contribution in [2.45, 2.75) is 6.92 Å². The number of anilines is 1. The summed E-state index contributed by atoms with van der Waals surface area (Å²) in [7, 11) is 0. The van der Waals surface area contributed by atoms with Gasteiger partial charge in [0.1, 0.15) is 5.75 Å². The zero-order valence-corrected chi connectivity index (χ0v) is 17.4. The topological polar surface area (TPSA) is 29.5 Å². The summed E-state index contributed by atoms with van der Waals surface area (Å²) in [4.78, 5) is 15.3. The Balaban J connectivity index is 1.76. The van der Waals surface area contributed by atoms with Crippen molar-refractivity contribution in [3.63, 3.8) is 0 Å². The van der Waals surface area contributed by atoms with Gasteiger partial charge in [-0.25, -0.2) is 0 Å². The molecular formula is C22H16ClNO2S2. The molecule has 1 saturated heterocycles. The third-order valence-corrected chi connectivity index (χ3v) is 5.90. The van der Waals surface area contributed by atoms with Crippen molar-refractivity contribution in [2.24, 2.45) is 0 Å². The van der Waals surface area contributed by atoms with E-state index in [0.29, 0.717) is 26.6 Å². The van der Waals surface area contributed by atoms with Gasteiger partial charge in [-0.1, -0.05) is 72.0 Å². The largest absolute Gasteiger partial charge is 0.493 e. The smallest absolute Gasteiger partial charge is 0.270 e. The third kappa shape index (κ3) is 3.53. The summed E-state index contributed by atoms with van der Waals surface area (Å²) < 4.78 is 6.17. The number of amides is 1. The van der Waals surface area contributed by atoms with Crippen LogP contribution in [0.2, 0.25) is 5.02 Å². The number of halogens is 1. The molecule has 3 nitrogen and oxygen atoms in total. The van der Waals surface area contributed by atoms with Gasteiger partial charge >= 0.3 is 0 Å². The van der Waals surface area contributed by atoms with Crippen LogP contribution in [0.25, 0.3) is 16.8 Å². The van der Waals surface area contributed by atoms with E-state index in [-0.39, 0.29) is 5.91 Å². The van der Waals surface area contributed by atoms with E-state index in [9.17, 15) is 4.79 Å². The molecule has 0 bridgehead atoms. The maximum atomic E-state index is 13.2. The number of benzene rings is 3. The first kappa shape index (κ1) is 19.0. The van der Waals surface area contributed by atoms with Crippen LogP contribution in [0.4, 0.5) is 5.69 Å². The van der Waals surface area contributed by atoms with E-state index in [4.69, 9.17) is 28.6 Å². The molecule has 3 aromatic rings. The SMILES string of the molecule is CCOc1ccc(Cl)cc1/C=C1\SC(=S)N(c2cccc3ccccc23)C1=O. The Hall–Kier alpha value is -2.34. The van der Waals surface area contributed by atoms with E-state index >= 15 is 0 Å². The molecule has 0 aliphatic carbocycles. The minimum absolute atomic E-state index is 0.145. The highest BCUT2D eigenvalue weighted by atomic mass is 35.5. The number of ether oxygens (including phenoxy) is 1. The van der Waals surface area contributed by atoms with Crippen LogP contribution in [-0.2, 0) is 4.79 Å². The number of fused-ring (bicyclic) bond motifs is 1. The lowest BCUT2D eigenvalue weighted by atomic mass is 10.1. The second-order valence-electron chi connectivity index (χ2n) is 6.13. The minimum Gasteiger partial charge on any atom is -0.493 e. The Kier molecular flexibility index (Phi) is 5.40. The Morgan fingerprint density at radius 3 is 2.75 bits per heavy atom. The van der Waals surface area contributed by atoms with Gasteiger partial charge in [0.25, 0.3) is 5.91 Å². The number of carbonyl (C=O) groups excluding carboxylic acids is 1. The Morgan fingerprint density at radius 1 is 1.14 bits per heavy atom. The molecule has 3 aromatic carbocycles. The molecule has 4 rings (SSSR count). The molecule has 0 saturated carbocycles. The monoisotopic (exact) mass is 425 g/mol. The number of hydrogen-bond donors (Lipinski definition) is 0. The Labute approximate surface area is 177 Å². The van der Waals surface area contributed by atoms with Crippen LogP contribution < -0.4 is 9.64 Å². The number of thioether (sulfide) groups is 1. The van der Waals surface area contributed by atoms with Crippen LogP contribution in [0.1, 0.15) is 12.5 Å². The summed E-state index contributed by atoms with van der Waals surface area (Å²) in [6, 6.07) is 19.2. The zero-order valence-electron chi connectivity index (χ0n) is 15.0. The van der Waals surface area contributed by atoms with Crippen molar-refractivity contribution < 1.29 is 9.53 Å². The lowest BCUT2D eigenvalue weighted by Crippen LogP contribution is -2.27. The molecule has 0 radical (unpaired) electrons. The number of nitrogens with zero attached hydrogens (tertiary/aromatic N) is 1. The maximum Gasteiger partial charge on any atom is 0.270 e. The molecule has 6 heteroatoms. The fraction of sp³-hybridized carbons (Fsp3) is 0.0909. The summed E-state index contributed by atoms with van der Waals surface area (Å²) in [5.74, 6) is 0.538. The van der Waals surface area contributed by atoms with Crippen LogP contribution in [0.5, 0.6) is 5.75 Å². The summed E-state index contributed by atoms with van der Waals surface area (Å²) >= 11 is 13.0. The summed E-state index contributed by atoms with van der Waals surface area (Å²) in [5.41, 5.74) is 1.55. The van der Waals surface area contributed by atoms with Crippen LogP contribution in [0.15, 0.2) is 65.6 Å². The van der Waals surface area contributed by atoms with Crippen molar-refractivity contribution in [3.8, 4) is 5.75 Å². The van der Waals surface area contributed by atoms with Crippen molar-refractivity contribution in [1.29, 1.82) is 0 Å². The molecule has 140 valence electrons. The van der Waals surface area contributed by atoms with Crippen LogP contribution in [0.3, 0.4) is 0 Å². The molecule has 1 fully saturated rings. The summed E-state index contributed by atoms with van der Waals surface area (Å²) in [5, 5.41) is 2.63. The lowest BCUT2D eigenvalue weighted by molar-refractivity contribution is -0.113. The number of thiocarbonyl (C=S) groups is 1. The molecule has 1 aliphatic heterocycles. The van der Waals surface area contributed by atoms with E-state index in [0.717, 1.165) is 22.0 Å². The molecule has 0 aromatic heterocycles.